The van der Waals surface area contributed by atoms with Crippen molar-refractivity contribution in [1.29, 1.82) is 0 Å². The lowest BCUT2D eigenvalue weighted by atomic mass is 10.1. The summed E-state index contributed by atoms with van der Waals surface area (Å²) in [6, 6.07) is 15.0. The van der Waals surface area contributed by atoms with Crippen LogP contribution in [0.25, 0.3) is 0 Å². The highest BCUT2D eigenvalue weighted by Gasteiger charge is 2.18. The summed E-state index contributed by atoms with van der Waals surface area (Å²) >= 11 is 6.01. The highest BCUT2D eigenvalue weighted by atomic mass is 35.5. The molecule has 0 fully saturated rings. The normalized spacial score (nSPS) is 10.6. The smallest absolute Gasteiger partial charge is 0.258 e. The summed E-state index contributed by atoms with van der Waals surface area (Å²) in [5, 5.41) is 0.647. The first-order chi connectivity index (χ1) is 15.2. The Morgan fingerprint density at radius 2 is 1.56 bits per heavy atom. The van der Waals surface area contributed by atoms with Gasteiger partial charge in [-0.15, -0.1) is 0 Å². The molecule has 2 aromatic rings. The fraction of sp³-hybridized carbons (Fsp3) is 0.345. The van der Waals surface area contributed by atoms with Crippen molar-refractivity contribution in [3.8, 4) is 0 Å². The second kappa shape index (κ2) is 17.0. The van der Waals surface area contributed by atoms with E-state index in [-0.39, 0.29) is 5.91 Å². The van der Waals surface area contributed by atoms with Crippen LogP contribution in [0.5, 0.6) is 0 Å². The van der Waals surface area contributed by atoms with Crippen LogP contribution in [0.15, 0.2) is 84.5 Å². The van der Waals surface area contributed by atoms with Gasteiger partial charge in [0.25, 0.3) is 5.91 Å². The van der Waals surface area contributed by atoms with Crippen molar-refractivity contribution in [1.82, 2.24) is 0 Å². The zero-order valence-corrected chi connectivity index (χ0v) is 21.7. The van der Waals surface area contributed by atoms with Gasteiger partial charge in [-0.05, 0) is 57.2 Å². The molecule has 1 amide bonds. The molecular formula is C29H40ClNO. The van der Waals surface area contributed by atoms with E-state index in [2.05, 4.69) is 34.3 Å². The lowest BCUT2D eigenvalue weighted by molar-refractivity contribution is 0.0989. The molecule has 0 aromatic heterocycles. The largest absolute Gasteiger partial charge is 0.304 e. The van der Waals surface area contributed by atoms with Crippen molar-refractivity contribution in [2.45, 2.75) is 61.3 Å². The van der Waals surface area contributed by atoms with Crippen molar-refractivity contribution in [2.24, 2.45) is 0 Å². The molecule has 0 spiro atoms. The van der Waals surface area contributed by atoms with Crippen LogP contribution < -0.4 is 4.90 Å². The van der Waals surface area contributed by atoms with E-state index >= 15 is 0 Å². The third kappa shape index (κ3) is 12.3. The van der Waals surface area contributed by atoms with Gasteiger partial charge < -0.3 is 4.90 Å². The van der Waals surface area contributed by atoms with Gasteiger partial charge in [0.05, 0.1) is 0 Å². The van der Waals surface area contributed by atoms with Crippen LogP contribution in [-0.4, -0.2) is 12.5 Å². The Morgan fingerprint density at radius 1 is 1.00 bits per heavy atom. The maximum absolute atomic E-state index is 13.1. The Hall–Kier alpha value is -2.58. The van der Waals surface area contributed by atoms with Crippen LogP contribution in [0.3, 0.4) is 0 Å². The number of hydrogen-bond acceptors (Lipinski definition) is 1. The molecule has 174 valence electrons. The first-order valence-electron chi connectivity index (χ1n) is 11.3. The van der Waals surface area contributed by atoms with Gasteiger partial charge in [-0.2, -0.15) is 0 Å². The second-order valence-corrected chi connectivity index (χ2v) is 8.31. The van der Waals surface area contributed by atoms with Crippen molar-refractivity contribution in [3.63, 3.8) is 0 Å². The molecular weight excluding hydrogens is 414 g/mol. The molecule has 2 rings (SSSR count). The minimum absolute atomic E-state index is 0.0346. The SMILES string of the molecule is C=C(C)/C=C\C=C(/C)CN(C(=O)c1cccc(C)c1)c1ccc(Cl)cc1.CCC.CCC. The lowest BCUT2D eigenvalue weighted by Gasteiger charge is -2.23. The molecule has 2 nitrogen and oxygen atoms in total. The van der Waals surface area contributed by atoms with E-state index in [9.17, 15) is 4.79 Å². The minimum Gasteiger partial charge on any atom is -0.304 e. The highest BCUT2D eigenvalue weighted by molar-refractivity contribution is 6.30. The molecule has 0 bridgehead atoms. The third-order valence-corrected chi connectivity index (χ3v) is 4.07. The molecule has 0 radical (unpaired) electrons. The number of benzene rings is 2. The Morgan fingerprint density at radius 3 is 2.06 bits per heavy atom. The Kier molecular flexibility index (Phi) is 15.7. The average molecular weight is 454 g/mol. The molecule has 0 aliphatic heterocycles. The number of rotatable bonds is 6. The van der Waals surface area contributed by atoms with Gasteiger partial charge in [0.1, 0.15) is 0 Å². The quantitative estimate of drug-likeness (QED) is 0.399. The topological polar surface area (TPSA) is 20.3 Å². The summed E-state index contributed by atoms with van der Waals surface area (Å²) in [5.41, 5.74) is 4.60. The fourth-order valence-electron chi connectivity index (χ4n) is 2.51. The summed E-state index contributed by atoms with van der Waals surface area (Å²) in [6.45, 7) is 18.8. The molecule has 0 unspecified atom stereocenters. The van der Waals surface area contributed by atoms with Crippen LogP contribution in [0.2, 0.25) is 5.02 Å². The van der Waals surface area contributed by atoms with Crippen molar-refractivity contribution in [2.75, 3.05) is 11.4 Å². The summed E-state index contributed by atoms with van der Waals surface area (Å²) in [4.78, 5) is 14.9. The number of nitrogens with zero attached hydrogens (tertiary/aromatic N) is 1. The van der Waals surface area contributed by atoms with Gasteiger partial charge in [-0.25, -0.2) is 0 Å². The summed E-state index contributed by atoms with van der Waals surface area (Å²) in [7, 11) is 0. The zero-order chi connectivity index (χ0) is 24.5. The van der Waals surface area contributed by atoms with Gasteiger partial charge in [-0.1, -0.05) is 106 Å². The molecule has 0 heterocycles. The van der Waals surface area contributed by atoms with E-state index < -0.39 is 0 Å². The monoisotopic (exact) mass is 453 g/mol. The van der Waals surface area contributed by atoms with Gasteiger partial charge in [0.2, 0.25) is 0 Å². The van der Waals surface area contributed by atoms with Crippen molar-refractivity contribution in [3.05, 3.63) is 101 Å². The third-order valence-electron chi connectivity index (χ3n) is 3.82. The Bertz CT molecular complexity index is 876. The maximum Gasteiger partial charge on any atom is 0.258 e. The minimum atomic E-state index is -0.0346. The van der Waals surface area contributed by atoms with Crippen LogP contribution in [0, 0.1) is 6.92 Å². The number of carbonyl (C=O) groups excluding carboxylic acids is 1. The molecule has 0 aliphatic rings. The fourth-order valence-corrected chi connectivity index (χ4v) is 2.64. The van der Waals surface area contributed by atoms with Crippen molar-refractivity contribution < 1.29 is 4.79 Å². The Balaban J connectivity index is 0.00000144. The summed E-state index contributed by atoms with van der Waals surface area (Å²) in [6.07, 6.45) is 8.40. The average Bonchev–Trinajstić information content (AvgIpc) is 2.73. The molecule has 0 aliphatic carbocycles. The number of halogens is 1. The standard InChI is InChI=1S/C23H24ClNO.2C3H8/c1-17(2)7-5-9-19(4)16-25(22-13-11-21(24)12-14-22)23(26)20-10-6-8-18(3)15-20;2*1-3-2/h5-15H,1,16H2,2-4H3;2*3H2,1-2H3/b7-5-,19-9+;;. The molecule has 0 saturated heterocycles. The van der Waals surface area contributed by atoms with Gasteiger partial charge in [-0.3, -0.25) is 4.79 Å². The zero-order valence-electron chi connectivity index (χ0n) is 20.9. The number of aryl methyl sites for hydroxylation is 1. The summed E-state index contributed by atoms with van der Waals surface area (Å²) in [5.74, 6) is -0.0346. The van der Waals surface area contributed by atoms with Gasteiger partial charge in [0, 0.05) is 22.8 Å². The Labute approximate surface area is 201 Å². The number of hydrogen-bond donors (Lipinski definition) is 0. The van der Waals surface area contributed by atoms with Crippen LogP contribution in [0.4, 0.5) is 5.69 Å². The molecule has 0 atom stereocenters. The summed E-state index contributed by atoms with van der Waals surface area (Å²) < 4.78 is 0. The van der Waals surface area contributed by atoms with E-state index in [0.29, 0.717) is 17.1 Å². The van der Waals surface area contributed by atoms with Crippen molar-refractivity contribution >= 4 is 23.2 Å². The van der Waals surface area contributed by atoms with E-state index in [0.717, 1.165) is 22.4 Å². The molecule has 2 aromatic carbocycles. The van der Waals surface area contributed by atoms with Crippen LogP contribution in [-0.2, 0) is 0 Å². The number of anilines is 1. The van der Waals surface area contributed by atoms with E-state index in [4.69, 9.17) is 11.6 Å². The number of amides is 1. The predicted octanol–water partition coefficient (Wildman–Crippen LogP) is 9.21. The molecule has 3 heteroatoms. The first-order valence-corrected chi connectivity index (χ1v) is 11.7. The molecule has 32 heavy (non-hydrogen) atoms. The van der Waals surface area contributed by atoms with E-state index in [1.165, 1.54) is 12.8 Å². The predicted molar refractivity (Wildman–Crippen MR) is 144 cm³/mol. The van der Waals surface area contributed by atoms with Crippen LogP contribution >= 0.6 is 11.6 Å². The number of allylic oxidation sites excluding steroid dienone is 4. The highest BCUT2D eigenvalue weighted by Crippen LogP contribution is 2.22. The van der Waals surface area contributed by atoms with Gasteiger partial charge in [0.15, 0.2) is 0 Å². The van der Waals surface area contributed by atoms with Gasteiger partial charge >= 0.3 is 0 Å². The maximum atomic E-state index is 13.1. The molecule has 0 N–H and O–H groups in total. The second-order valence-electron chi connectivity index (χ2n) is 7.87. The first kappa shape index (κ1) is 29.4. The van der Waals surface area contributed by atoms with E-state index in [1.54, 1.807) is 17.0 Å². The van der Waals surface area contributed by atoms with Crippen LogP contribution in [0.1, 0.15) is 70.3 Å². The molecule has 0 saturated carbocycles. The number of carbonyl (C=O) groups is 1. The lowest BCUT2D eigenvalue weighted by Crippen LogP contribution is -2.32. The van der Waals surface area contributed by atoms with E-state index in [1.807, 2.05) is 75.4 Å².